The largest absolute Gasteiger partial charge is 0.452 e. The summed E-state index contributed by atoms with van der Waals surface area (Å²) in [6.45, 7) is 11.0. The smallest absolute Gasteiger partial charge is 0.308 e. The lowest BCUT2D eigenvalue weighted by atomic mass is 9.94. The number of likely N-dealkylation sites (N-methyl/N-ethyl adjacent to an activating group) is 2. The average Bonchev–Trinajstić information content (AvgIpc) is 3.41. The molecule has 2 fully saturated rings. The van der Waals surface area contributed by atoms with Gasteiger partial charge < -0.3 is 30.1 Å². The second-order valence-electron chi connectivity index (χ2n) is 11.3. The molecule has 0 aromatic carbocycles. The Morgan fingerprint density at radius 3 is 2.15 bits per heavy atom. The Morgan fingerprint density at radius 2 is 1.57 bits per heavy atom. The van der Waals surface area contributed by atoms with Crippen molar-refractivity contribution in [2.45, 2.75) is 104 Å². The minimum absolute atomic E-state index is 0.0357. The summed E-state index contributed by atoms with van der Waals surface area (Å²) in [7, 11) is 3.03. The van der Waals surface area contributed by atoms with E-state index in [9.17, 15) is 28.8 Å². The van der Waals surface area contributed by atoms with Gasteiger partial charge in [-0.25, -0.2) is 0 Å². The molecule has 0 spiro atoms. The van der Waals surface area contributed by atoms with Gasteiger partial charge in [-0.2, -0.15) is 0 Å². The van der Waals surface area contributed by atoms with E-state index >= 15 is 0 Å². The molecule has 0 aliphatic carbocycles. The number of ether oxygens (including phenoxy) is 1. The maximum Gasteiger partial charge on any atom is 0.308 e. The number of nitrogens with one attached hydrogen (secondary N) is 2. The highest BCUT2D eigenvalue weighted by molar-refractivity contribution is 5.96. The summed E-state index contributed by atoms with van der Waals surface area (Å²) in [5.74, 6) is -3.42. The summed E-state index contributed by atoms with van der Waals surface area (Å²) in [4.78, 5) is 83.7. The Balaban J connectivity index is 2.51. The fourth-order valence-corrected chi connectivity index (χ4v) is 5.21. The molecule has 2 saturated heterocycles. The lowest BCUT2D eigenvalue weighted by molar-refractivity contribution is -0.161. The third-order valence-corrected chi connectivity index (χ3v) is 8.12. The number of hydrogen-bond acceptors (Lipinski definition) is 7. The van der Waals surface area contributed by atoms with Gasteiger partial charge in [0.15, 0.2) is 6.10 Å². The topological polar surface area (TPSA) is 145 Å². The van der Waals surface area contributed by atoms with Gasteiger partial charge >= 0.3 is 5.97 Å². The van der Waals surface area contributed by atoms with Gasteiger partial charge in [-0.1, -0.05) is 41.0 Å². The van der Waals surface area contributed by atoms with Crippen molar-refractivity contribution in [2.24, 2.45) is 11.8 Å². The van der Waals surface area contributed by atoms with Gasteiger partial charge in [0.25, 0.3) is 5.91 Å². The second kappa shape index (κ2) is 14.5. The van der Waals surface area contributed by atoms with E-state index in [1.165, 1.54) is 28.8 Å². The lowest BCUT2D eigenvalue weighted by Crippen LogP contribution is -2.60. The first-order chi connectivity index (χ1) is 18.8. The number of esters is 1. The highest BCUT2D eigenvalue weighted by atomic mass is 16.5. The van der Waals surface area contributed by atoms with Crippen LogP contribution in [0.5, 0.6) is 0 Å². The van der Waals surface area contributed by atoms with Crippen LogP contribution in [0.2, 0.25) is 0 Å². The number of rotatable bonds is 4. The van der Waals surface area contributed by atoms with Crippen LogP contribution in [0.4, 0.5) is 0 Å². The van der Waals surface area contributed by atoms with Gasteiger partial charge in [0, 0.05) is 27.2 Å². The molecule has 0 aromatic rings. The molecule has 0 radical (unpaired) electrons. The molecule has 6 atom stereocenters. The normalized spacial score (nSPS) is 29.3. The molecule has 0 aromatic heterocycles. The quantitative estimate of drug-likeness (QED) is 0.477. The number of carbonyl (C=O) groups excluding carboxylic acids is 6. The van der Waals surface area contributed by atoms with Crippen molar-refractivity contribution < 1.29 is 33.5 Å². The number of hydrogen-bond donors (Lipinski definition) is 2. The van der Waals surface area contributed by atoms with Crippen LogP contribution in [0.3, 0.4) is 0 Å². The first-order valence-corrected chi connectivity index (χ1v) is 14.4. The van der Waals surface area contributed by atoms with Crippen LogP contribution >= 0.6 is 0 Å². The predicted molar refractivity (Wildman–Crippen MR) is 148 cm³/mol. The maximum atomic E-state index is 13.9. The van der Waals surface area contributed by atoms with Crippen molar-refractivity contribution in [3.8, 4) is 0 Å². The summed E-state index contributed by atoms with van der Waals surface area (Å²) in [5.41, 5.74) is 0. The van der Waals surface area contributed by atoms with E-state index in [1.807, 2.05) is 27.7 Å². The third kappa shape index (κ3) is 7.51. The van der Waals surface area contributed by atoms with E-state index in [2.05, 4.69) is 10.6 Å². The van der Waals surface area contributed by atoms with E-state index in [0.29, 0.717) is 25.8 Å². The fourth-order valence-electron chi connectivity index (χ4n) is 5.21. The van der Waals surface area contributed by atoms with Gasteiger partial charge in [-0.05, 0) is 38.0 Å². The van der Waals surface area contributed by atoms with E-state index in [-0.39, 0.29) is 31.2 Å². The van der Waals surface area contributed by atoms with Crippen LogP contribution in [0.15, 0.2) is 0 Å². The Labute approximate surface area is 237 Å². The molecule has 2 N–H and O–H groups in total. The minimum atomic E-state index is -1.06. The second-order valence-corrected chi connectivity index (χ2v) is 11.3. The van der Waals surface area contributed by atoms with Crippen LogP contribution < -0.4 is 10.6 Å². The van der Waals surface area contributed by atoms with Crippen LogP contribution in [0.25, 0.3) is 0 Å². The standard InChI is InChI=1S/C28H47N5O7/c1-9-17(5)22-27(38)32(8)23(16(3)4)28(39)31(7)18(6)24(35)29-14-13-21(34)40-20(10-2)26(37)33-15-11-12-19(33)25(36)30-22/h16-20,22-23H,9-15H2,1-8H3,(H,29,35)(H,30,36)/t17-,18-,19-,20?,22-,23-/m0/s1. The molecular formula is C28H47N5O7. The van der Waals surface area contributed by atoms with Gasteiger partial charge in [0.1, 0.15) is 24.2 Å². The van der Waals surface area contributed by atoms with Crippen molar-refractivity contribution in [3.05, 3.63) is 0 Å². The first-order valence-electron chi connectivity index (χ1n) is 14.4. The molecule has 5 amide bonds. The molecule has 0 bridgehead atoms. The molecule has 1 unspecified atom stereocenters. The zero-order valence-corrected chi connectivity index (χ0v) is 25.2. The third-order valence-electron chi connectivity index (χ3n) is 8.12. The van der Waals surface area contributed by atoms with Crippen molar-refractivity contribution in [1.82, 2.24) is 25.3 Å². The molecule has 226 valence electrons. The van der Waals surface area contributed by atoms with Crippen molar-refractivity contribution in [1.29, 1.82) is 0 Å². The first kappa shape index (κ1) is 33.0. The van der Waals surface area contributed by atoms with Gasteiger partial charge in [0.05, 0.1) is 6.42 Å². The molecule has 12 heteroatoms. The number of nitrogens with zero attached hydrogens (tertiary/aromatic N) is 3. The minimum Gasteiger partial charge on any atom is -0.452 e. The monoisotopic (exact) mass is 565 g/mol. The predicted octanol–water partition coefficient (Wildman–Crippen LogP) is 0.680. The molecule has 2 heterocycles. The lowest BCUT2D eigenvalue weighted by Gasteiger charge is -2.38. The molecule has 2 aliphatic rings. The summed E-state index contributed by atoms with van der Waals surface area (Å²) < 4.78 is 5.43. The number of carbonyl (C=O) groups is 6. The zero-order chi connectivity index (χ0) is 30.3. The highest BCUT2D eigenvalue weighted by Gasteiger charge is 2.42. The molecule has 2 aliphatic heterocycles. The zero-order valence-electron chi connectivity index (χ0n) is 25.2. The van der Waals surface area contributed by atoms with Crippen molar-refractivity contribution in [2.75, 3.05) is 27.2 Å². The summed E-state index contributed by atoms with van der Waals surface area (Å²) in [6, 6.07) is -3.50. The van der Waals surface area contributed by atoms with Crippen molar-refractivity contribution in [3.63, 3.8) is 0 Å². The van der Waals surface area contributed by atoms with E-state index in [0.717, 1.165) is 0 Å². The number of cyclic esters (lactones) is 1. The van der Waals surface area contributed by atoms with Crippen LogP contribution in [0, 0.1) is 11.8 Å². The SMILES string of the molecule is CCC1OC(=O)CCNC(=O)[C@H](C)N(C)C(=O)[C@H](C(C)C)N(C)C(=O)[C@H]([C@@H](C)CC)NC(=O)[C@@H]2CCCN2C1=O. The Hall–Kier alpha value is -3.18. The van der Waals surface area contributed by atoms with Gasteiger partial charge in [-0.3, -0.25) is 28.8 Å². The molecule has 40 heavy (non-hydrogen) atoms. The van der Waals surface area contributed by atoms with E-state index in [4.69, 9.17) is 4.74 Å². The molecule has 2 rings (SSSR count). The Bertz CT molecular complexity index is 971. The number of fused-ring (bicyclic) bond motifs is 1. The van der Waals surface area contributed by atoms with E-state index < -0.39 is 65.8 Å². The molecule has 12 nitrogen and oxygen atoms in total. The molecule has 0 saturated carbocycles. The average molecular weight is 566 g/mol. The van der Waals surface area contributed by atoms with Gasteiger partial charge in [0.2, 0.25) is 23.6 Å². The molecular weight excluding hydrogens is 518 g/mol. The summed E-state index contributed by atoms with van der Waals surface area (Å²) in [5, 5.41) is 5.52. The highest BCUT2D eigenvalue weighted by Crippen LogP contribution is 2.23. The Morgan fingerprint density at radius 1 is 0.925 bits per heavy atom. The fraction of sp³-hybridized carbons (Fsp3) is 0.786. The van der Waals surface area contributed by atoms with Crippen LogP contribution in [-0.2, 0) is 33.5 Å². The maximum absolute atomic E-state index is 13.9. The Kier molecular flexibility index (Phi) is 11.9. The summed E-state index contributed by atoms with van der Waals surface area (Å²) in [6.07, 6.45) is 0.597. The van der Waals surface area contributed by atoms with Crippen LogP contribution in [0.1, 0.15) is 73.6 Å². The number of amides is 5. The van der Waals surface area contributed by atoms with Crippen molar-refractivity contribution >= 4 is 35.5 Å². The summed E-state index contributed by atoms with van der Waals surface area (Å²) >= 11 is 0. The van der Waals surface area contributed by atoms with Crippen LogP contribution in [-0.4, -0.2) is 108 Å². The van der Waals surface area contributed by atoms with Gasteiger partial charge in [-0.15, -0.1) is 0 Å². The van der Waals surface area contributed by atoms with E-state index in [1.54, 1.807) is 13.8 Å².